The van der Waals surface area contributed by atoms with Crippen LogP contribution in [0.25, 0.3) is 0 Å². The number of ether oxygens (including phenoxy) is 2. The Morgan fingerprint density at radius 1 is 1.14 bits per heavy atom. The SMILES string of the molecule is COc1cc(C2CC2C(C)=O)ccc1OCc1ccccc1. The Morgan fingerprint density at radius 3 is 2.55 bits per heavy atom. The average Bonchev–Trinajstić information content (AvgIpc) is 3.34. The molecule has 0 heterocycles. The van der Waals surface area contributed by atoms with Gasteiger partial charge in [0.1, 0.15) is 12.4 Å². The van der Waals surface area contributed by atoms with Crippen LogP contribution in [0.5, 0.6) is 11.5 Å². The van der Waals surface area contributed by atoms with Crippen LogP contribution >= 0.6 is 0 Å². The molecule has 3 rings (SSSR count). The molecule has 0 amide bonds. The van der Waals surface area contributed by atoms with Gasteiger partial charge in [-0.1, -0.05) is 36.4 Å². The van der Waals surface area contributed by atoms with Crippen LogP contribution in [0, 0.1) is 5.92 Å². The smallest absolute Gasteiger partial charge is 0.161 e. The summed E-state index contributed by atoms with van der Waals surface area (Å²) in [6.07, 6.45) is 0.947. The number of hydrogen-bond donors (Lipinski definition) is 0. The second kappa shape index (κ2) is 6.22. The summed E-state index contributed by atoms with van der Waals surface area (Å²) in [5, 5.41) is 0. The summed E-state index contributed by atoms with van der Waals surface area (Å²) in [5.41, 5.74) is 2.27. The van der Waals surface area contributed by atoms with E-state index in [0.29, 0.717) is 12.5 Å². The molecule has 2 atom stereocenters. The normalized spacial score (nSPS) is 19.5. The maximum absolute atomic E-state index is 11.4. The third-order valence-electron chi connectivity index (χ3n) is 4.17. The molecule has 0 aromatic heterocycles. The minimum atomic E-state index is 0.181. The molecule has 1 aliphatic carbocycles. The van der Waals surface area contributed by atoms with Gasteiger partial charge in [-0.15, -0.1) is 0 Å². The van der Waals surface area contributed by atoms with Gasteiger partial charge in [-0.3, -0.25) is 4.79 Å². The van der Waals surface area contributed by atoms with Crippen molar-refractivity contribution in [2.75, 3.05) is 7.11 Å². The van der Waals surface area contributed by atoms with Gasteiger partial charge in [0, 0.05) is 5.92 Å². The van der Waals surface area contributed by atoms with Gasteiger partial charge in [0.15, 0.2) is 11.5 Å². The van der Waals surface area contributed by atoms with Crippen LogP contribution < -0.4 is 9.47 Å². The molecule has 114 valence electrons. The molecule has 1 fully saturated rings. The molecule has 0 spiro atoms. The number of hydrogen-bond acceptors (Lipinski definition) is 3. The molecule has 0 bridgehead atoms. The van der Waals surface area contributed by atoms with Crippen molar-refractivity contribution in [3.8, 4) is 11.5 Å². The van der Waals surface area contributed by atoms with E-state index in [1.165, 1.54) is 0 Å². The molecule has 1 saturated carbocycles. The van der Waals surface area contributed by atoms with E-state index in [0.717, 1.165) is 29.0 Å². The first kappa shape index (κ1) is 14.6. The summed E-state index contributed by atoms with van der Waals surface area (Å²) in [4.78, 5) is 11.4. The number of carbonyl (C=O) groups is 1. The topological polar surface area (TPSA) is 35.5 Å². The number of benzene rings is 2. The molecule has 0 N–H and O–H groups in total. The predicted molar refractivity (Wildman–Crippen MR) is 85.3 cm³/mol. The highest BCUT2D eigenvalue weighted by Crippen LogP contribution is 2.49. The van der Waals surface area contributed by atoms with Gasteiger partial charge in [0.25, 0.3) is 0 Å². The first-order chi connectivity index (χ1) is 10.7. The Balaban J connectivity index is 1.71. The fraction of sp³-hybridized carbons (Fsp3) is 0.316. The number of methoxy groups -OCH3 is 1. The first-order valence-electron chi connectivity index (χ1n) is 7.54. The van der Waals surface area contributed by atoms with E-state index in [4.69, 9.17) is 9.47 Å². The second-order valence-electron chi connectivity index (χ2n) is 5.74. The fourth-order valence-corrected chi connectivity index (χ4v) is 2.78. The molecular weight excluding hydrogens is 276 g/mol. The van der Waals surface area contributed by atoms with Crippen LogP contribution in [-0.4, -0.2) is 12.9 Å². The maximum atomic E-state index is 11.4. The molecule has 0 aliphatic heterocycles. The molecule has 3 heteroatoms. The van der Waals surface area contributed by atoms with E-state index in [2.05, 4.69) is 0 Å². The van der Waals surface area contributed by atoms with E-state index in [9.17, 15) is 4.79 Å². The Bertz CT molecular complexity index is 664. The Morgan fingerprint density at radius 2 is 1.91 bits per heavy atom. The summed E-state index contributed by atoms with van der Waals surface area (Å²) in [6, 6.07) is 16.0. The van der Waals surface area contributed by atoms with Crippen molar-refractivity contribution in [2.45, 2.75) is 25.9 Å². The summed E-state index contributed by atoms with van der Waals surface area (Å²) >= 11 is 0. The van der Waals surface area contributed by atoms with Crippen LogP contribution in [0.4, 0.5) is 0 Å². The van der Waals surface area contributed by atoms with Crippen LogP contribution in [0.2, 0.25) is 0 Å². The molecule has 0 saturated heterocycles. The molecule has 22 heavy (non-hydrogen) atoms. The Kier molecular flexibility index (Phi) is 4.14. The molecular formula is C19H20O3. The lowest BCUT2D eigenvalue weighted by Crippen LogP contribution is -1.99. The predicted octanol–water partition coefficient (Wildman–Crippen LogP) is 3.97. The van der Waals surface area contributed by atoms with Crippen molar-refractivity contribution in [1.29, 1.82) is 0 Å². The lowest BCUT2D eigenvalue weighted by atomic mass is 10.1. The standard InChI is InChI=1S/C19H20O3/c1-13(20)16-11-17(16)15-8-9-18(19(10-15)21-2)22-12-14-6-4-3-5-7-14/h3-10,16-17H,11-12H2,1-2H3. The Labute approximate surface area is 130 Å². The quantitative estimate of drug-likeness (QED) is 0.809. The van der Waals surface area contributed by atoms with Crippen molar-refractivity contribution in [2.24, 2.45) is 5.92 Å². The Hall–Kier alpha value is -2.29. The number of Topliss-reactive ketones (excluding diaryl/α,β-unsaturated/α-hetero) is 1. The highest BCUT2D eigenvalue weighted by molar-refractivity contribution is 5.82. The summed E-state index contributed by atoms with van der Waals surface area (Å²) in [5.74, 6) is 2.25. The van der Waals surface area contributed by atoms with Crippen LogP contribution in [0.3, 0.4) is 0 Å². The maximum Gasteiger partial charge on any atom is 0.161 e. The molecule has 2 unspecified atom stereocenters. The second-order valence-corrected chi connectivity index (χ2v) is 5.74. The number of carbonyl (C=O) groups excluding carboxylic acids is 1. The van der Waals surface area contributed by atoms with Gasteiger partial charge < -0.3 is 9.47 Å². The lowest BCUT2D eigenvalue weighted by Gasteiger charge is -2.12. The summed E-state index contributed by atoms with van der Waals surface area (Å²) in [6.45, 7) is 2.18. The molecule has 0 radical (unpaired) electrons. The monoisotopic (exact) mass is 296 g/mol. The minimum absolute atomic E-state index is 0.181. The van der Waals surface area contributed by atoms with Crippen molar-refractivity contribution in [3.05, 3.63) is 59.7 Å². The van der Waals surface area contributed by atoms with Gasteiger partial charge in [-0.25, -0.2) is 0 Å². The summed E-state index contributed by atoms with van der Waals surface area (Å²) < 4.78 is 11.3. The number of ketones is 1. The molecule has 2 aromatic carbocycles. The van der Waals surface area contributed by atoms with E-state index in [1.54, 1.807) is 14.0 Å². The van der Waals surface area contributed by atoms with Gasteiger partial charge in [-0.05, 0) is 42.5 Å². The van der Waals surface area contributed by atoms with Crippen molar-refractivity contribution in [1.82, 2.24) is 0 Å². The average molecular weight is 296 g/mol. The van der Waals surface area contributed by atoms with Gasteiger partial charge in [0.2, 0.25) is 0 Å². The van der Waals surface area contributed by atoms with Crippen molar-refractivity contribution >= 4 is 5.78 Å². The van der Waals surface area contributed by atoms with E-state index in [1.807, 2.05) is 48.5 Å². The van der Waals surface area contributed by atoms with Gasteiger partial charge in [0.05, 0.1) is 7.11 Å². The van der Waals surface area contributed by atoms with Gasteiger partial charge >= 0.3 is 0 Å². The van der Waals surface area contributed by atoms with Crippen LogP contribution in [0.1, 0.15) is 30.4 Å². The largest absolute Gasteiger partial charge is 0.493 e. The molecule has 2 aromatic rings. The number of rotatable bonds is 6. The third kappa shape index (κ3) is 3.14. The van der Waals surface area contributed by atoms with E-state index in [-0.39, 0.29) is 11.7 Å². The van der Waals surface area contributed by atoms with E-state index >= 15 is 0 Å². The van der Waals surface area contributed by atoms with Gasteiger partial charge in [-0.2, -0.15) is 0 Å². The molecule has 1 aliphatic rings. The highest BCUT2D eigenvalue weighted by Gasteiger charge is 2.41. The molecule has 3 nitrogen and oxygen atoms in total. The van der Waals surface area contributed by atoms with Crippen LogP contribution in [0.15, 0.2) is 48.5 Å². The third-order valence-corrected chi connectivity index (χ3v) is 4.17. The first-order valence-corrected chi connectivity index (χ1v) is 7.54. The highest BCUT2D eigenvalue weighted by atomic mass is 16.5. The summed E-state index contributed by atoms with van der Waals surface area (Å²) in [7, 11) is 1.64. The minimum Gasteiger partial charge on any atom is -0.493 e. The van der Waals surface area contributed by atoms with Crippen molar-refractivity contribution < 1.29 is 14.3 Å². The zero-order chi connectivity index (χ0) is 15.5. The van der Waals surface area contributed by atoms with Crippen molar-refractivity contribution in [3.63, 3.8) is 0 Å². The zero-order valence-electron chi connectivity index (χ0n) is 12.9. The van der Waals surface area contributed by atoms with Crippen LogP contribution in [-0.2, 0) is 11.4 Å². The lowest BCUT2D eigenvalue weighted by molar-refractivity contribution is -0.118. The fourth-order valence-electron chi connectivity index (χ4n) is 2.78. The zero-order valence-corrected chi connectivity index (χ0v) is 12.9. The van der Waals surface area contributed by atoms with E-state index < -0.39 is 0 Å².